The van der Waals surface area contributed by atoms with Gasteiger partial charge in [0.2, 0.25) is 6.29 Å². The Morgan fingerprint density at radius 1 is 1.21 bits per heavy atom. The third kappa shape index (κ3) is 2.83. The number of carbonyl (C=O) groups excluding carboxylic acids is 1. The Balaban J connectivity index is 1.80. The van der Waals surface area contributed by atoms with Gasteiger partial charge in [0.05, 0.1) is 12.2 Å². The first kappa shape index (κ1) is 16.7. The highest BCUT2D eigenvalue weighted by Gasteiger charge is 2.45. The molecule has 9 nitrogen and oxygen atoms in total. The fraction of sp³-hybridized carbons (Fsp3) is 0.400. The Labute approximate surface area is 135 Å². The molecule has 24 heavy (non-hydrogen) atoms. The minimum atomic E-state index is -1.67. The molecule has 1 aliphatic rings. The summed E-state index contributed by atoms with van der Waals surface area (Å²) in [6, 6.07) is 4.35. The summed E-state index contributed by atoms with van der Waals surface area (Å²) in [7, 11) is 0. The molecule has 1 aliphatic heterocycles. The van der Waals surface area contributed by atoms with Crippen molar-refractivity contribution in [2.75, 3.05) is 6.61 Å². The van der Waals surface area contributed by atoms with Gasteiger partial charge in [0.15, 0.2) is 0 Å². The van der Waals surface area contributed by atoms with Gasteiger partial charge in [-0.05, 0) is 12.1 Å². The predicted octanol–water partition coefficient (Wildman–Crippen LogP) is -1.17. The van der Waals surface area contributed by atoms with E-state index >= 15 is 0 Å². The molecule has 1 saturated heterocycles. The minimum Gasteiger partial charge on any atom is -0.508 e. The number of fused-ring (bicyclic) bond motifs is 1. The van der Waals surface area contributed by atoms with Gasteiger partial charge < -0.3 is 40.0 Å². The highest BCUT2D eigenvalue weighted by atomic mass is 16.7. The van der Waals surface area contributed by atoms with E-state index in [1.807, 2.05) is 0 Å². The van der Waals surface area contributed by atoms with E-state index in [9.17, 15) is 25.2 Å². The van der Waals surface area contributed by atoms with Crippen LogP contribution in [0.25, 0.3) is 10.9 Å². The van der Waals surface area contributed by atoms with Gasteiger partial charge in [-0.3, -0.25) is 0 Å². The molecule has 3 rings (SSSR count). The van der Waals surface area contributed by atoms with Gasteiger partial charge in [-0.2, -0.15) is 0 Å². The van der Waals surface area contributed by atoms with Gasteiger partial charge >= 0.3 is 5.97 Å². The summed E-state index contributed by atoms with van der Waals surface area (Å²) in [6.07, 6.45) is -6.17. The Kier molecular flexibility index (Phi) is 4.43. The summed E-state index contributed by atoms with van der Waals surface area (Å²) in [5.74, 6) is -0.811. The number of aromatic amines is 1. The van der Waals surface area contributed by atoms with E-state index in [-0.39, 0.29) is 11.3 Å². The van der Waals surface area contributed by atoms with Crippen LogP contribution in [0.5, 0.6) is 5.75 Å². The van der Waals surface area contributed by atoms with Gasteiger partial charge in [-0.15, -0.1) is 0 Å². The van der Waals surface area contributed by atoms with Gasteiger partial charge in [0, 0.05) is 23.2 Å². The lowest BCUT2D eigenvalue weighted by atomic mass is 9.99. The zero-order valence-electron chi connectivity index (χ0n) is 12.4. The van der Waals surface area contributed by atoms with Gasteiger partial charge in [0.1, 0.15) is 30.2 Å². The first-order valence-electron chi connectivity index (χ1n) is 7.24. The lowest BCUT2D eigenvalue weighted by molar-refractivity contribution is -0.285. The number of nitrogens with one attached hydrogen (secondary N) is 1. The van der Waals surface area contributed by atoms with Crippen LogP contribution >= 0.6 is 0 Å². The Morgan fingerprint density at radius 3 is 2.67 bits per heavy atom. The first-order chi connectivity index (χ1) is 11.4. The number of benzene rings is 1. The lowest BCUT2D eigenvalue weighted by Gasteiger charge is -2.39. The van der Waals surface area contributed by atoms with E-state index in [1.54, 1.807) is 0 Å². The molecule has 5 unspecified atom stereocenters. The quantitative estimate of drug-likeness (QED) is 0.383. The molecule has 9 heteroatoms. The Morgan fingerprint density at radius 2 is 1.96 bits per heavy atom. The molecule has 1 aromatic carbocycles. The number of hydrogen-bond acceptors (Lipinski definition) is 8. The van der Waals surface area contributed by atoms with Gasteiger partial charge in [0.25, 0.3) is 0 Å². The summed E-state index contributed by atoms with van der Waals surface area (Å²) in [4.78, 5) is 15.1. The van der Waals surface area contributed by atoms with Crippen molar-refractivity contribution in [2.45, 2.75) is 30.7 Å². The van der Waals surface area contributed by atoms with E-state index < -0.39 is 43.3 Å². The van der Waals surface area contributed by atoms with Crippen molar-refractivity contribution in [3.8, 4) is 5.75 Å². The number of aliphatic hydroxyl groups excluding tert-OH is 4. The topological polar surface area (TPSA) is 152 Å². The van der Waals surface area contributed by atoms with Crippen molar-refractivity contribution < 1.29 is 39.8 Å². The monoisotopic (exact) mass is 339 g/mol. The molecular formula is C15H17NO8. The number of aromatic hydroxyl groups is 1. The van der Waals surface area contributed by atoms with Crippen molar-refractivity contribution in [3.05, 3.63) is 30.0 Å². The van der Waals surface area contributed by atoms with E-state index in [2.05, 4.69) is 4.98 Å². The van der Waals surface area contributed by atoms with E-state index in [4.69, 9.17) is 14.6 Å². The second-order valence-electron chi connectivity index (χ2n) is 5.53. The van der Waals surface area contributed by atoms with Gasteiger partial charge in [-0.25, -0.2) is 4.79 Å². The third-order valence-corrected chi connectivity index (χ3v) is 3.96. The maximum atomic E-state index is 12.3. The molecule has 0 aliphatic carbocycles. The predicted molar refractivity (Wildman–Crippen MR) is 79.1 cm³/mol. The maximum Gasteiger partial charge on any atom is 0.342 e. The Hall–Kier alpha value is -2.17. The smallest absolute Gasteiger partial charge is 0.342 e. The number of aliphatic hydroxyl groups is 4. The second kappa shape index (κ2) is 6.38. The molecule has 6 N–H and O–H groups in total. The number of esters is 1. The molecule has 0 spiro atoms. The summed E-state index contributed by atoms with van der Waals surface area (Å²) in [5, 5.41) is 48.3. The van der Waals surface area contributed by atoms with Gasteiger partial charge in [-0.1, -0.05) is 0 Å². The number of phenols is 1. The van der Waals surface area contributed by atoms with Crippen molar-refractivity contribution in [3.63, 3.8) is 0 Å². The fourth-order valence-electron chi connectivity index (χ4n) is 2.62. The summed E-state index contributed by atoms with van der Waals surface area (Å²) >= 11 is 0. The molecule has 0 bridgehead atoms. The average molecular weight is 339 g/mol. The number of phenolic OH excluding ortho intramolecular Hbond substituents is 1. The zero-order chi connectivity index (χ0) is 17.4. The number of carbonyl (C=O) groups is 1. The number of aromatic nitrogens is 1. The third-order valence-electron chi connectivity index (χ3n) is 3.96. The van der Waals surface area contributed by atoms with E-state index in [0.717, 1.165) is 0 Å². The van der Waals surface area contributed by atoms with Crippen LogP contribution in [-0.4, -0.2) is 73.8 Å². The summed E-state index contributed by atoms with van der Waals surface area (Å²) < 4.78 is 10.2. The summed E-state index contributed by atoms with van der Waals surface area (Å²) in [6.45, 7) is -0.620. The van der Waals surface area contributed by atoms with E-state index in [0.29, 0.717) is 10.9 Å². The molecule has 0 saturated carbocycles. The molecule has 1 aromatic heterocycles. The van der Waals surface area contributed by atoms with Crippen molar-refractivity contribution in [1.82, 2.24) is 4.98 Å². The second-order valence-corrected chi connectivity index (χ2v) is 5.53. The molecule has 130 valence electrons. The van der Waals surface area contributed by atoms with Crippen molar-refractivity contribution in [2.24, 2.45) is 0 Å². The lowest BCUT2D eigenvalue weighted by Crippen LogP contribution is -2.59. The van der Waals surface area contributed by atoms with Crippen molar-refractivity contribution in [1.29, 1.82) is 0 Å². The normalized spacial score (nSPS) is 30.4. The van der Waals surface area contributed by atoms with Crippen molar-refractivity contribution >= 4 is 16.9 Å². The first-order valence-corrected chi connectivity index (χ1v) is 7.24. The molecule has 5 atom stereocenters. The highest BCUT2D eigenvalue weighted by molar-refractivity contribution is 6.04. The molecule has 1 fully saturated rings. The summed E-state index contributed by atoms with van der Waals surface area (Å²) in [5.41, 5.74) is 0.651. The number of hydrogen-bond donors (Lipinski definition) is 6. The maximum absolute atomic E-state index is 12.3. The van der Waals surface area contributed by atoms with Crippen LogP contribution in [0.2, 0.25) is 0 Å². The molecule has 0 amide bonds. The standard InChI is InChI=1S/C15H17NO8/c17-5-10-11(19)12(20)13(21)15(23-10)24-14(22)8-4-16-9-3-6(18)1-2-7(8)9/h1-4,10-13,15-21H,5H2. The molecular weight excluding hydrogens is 322 g/mol. The van der Waals surface area contributed by atoms with Crippen LogP contribution < -0.4 is 0 Å². The van der Waals surface area contributed by atoms with Crippen LogP contribution in [-0.2, 0) is 9.47 Å². The Bertz CT molecular complexity index is 742. The fourth-order valence-corrected chi connectivity index (χ4v) is 2.62. The van der Waals surface area contributed by atoms with Crippen LogP contribution in [0, 0.1) is 0 Å². The largest absolute Gasteiger partial charge is 0.508 e. The van der Waals surface area contributed by atoms with Crippen LogP contribution in [0.3, 0.4) is 0 Å². The minimum absolute atomic E-state index is 0.0261. The highest BCUT2D eigenvalue weighted by Crippen LogP contribution is 2.26. The molecule has 2 aromatic rings. The van der Waals surface area contributed by atoms with Crippen LogP contribution in [0.1, 0.15) is 10.4 Å². The molecule has 0 radical (unpaired) electrons. The average Bonchev–Trinajstić information content (AvgIpc) is 2.98. The van der Waals surface area contributed by atoms with Crippen LogP contribution in [0.15, 0.2) is 24.4 Å². The van der Waals surface area contributed by atoms with E-state index in [1.165, 1.54) is 24.4 Å². The number of H-pyrrole nitrogens is 1. The zero-order valence-corrected chi connectivity index (χ0v) is 12.4. The SMILES string of the molecule is O=C(OC1OC(CO)C(O)C(O)C1O)c1c[nH]c2cc(O)ccc12. The van der Waals surface area contributed by atoms with Crippen LogP contribution in [0.4, 0.5) is 0 Å². The number of rotatable bonds is 3. The molecule has 2 heterocycles. The number of ether oxygens (including phenoxy) is 2.